The quantitative estimate of drug-likeness (QED) is 0.601. The second kappa shape index (κ2) is 7.52. The zero-order valence-corrected chi connectivity index (χ0v) is 12.8. The van der Waals surface area contributed by atoms with Crippen LogP contribution in [0.15, 0.2) is 12.3 Å². The molecule has 0 aliphatic carbocycles. The highest BCUT2D eigenvalue weighted by Gasteiger charge is 2.05. The number of H-pyrrole nitrogens is 1. The molecule has 20 heavy (non-hydrogen) atoms. The Hall–Kier alpha value is -1.24. The molecule has 2 aromatic heterocycles. The van der Waals surface area contributed by atoms with Crippen molar-refractivity contribution in [1.29, 1.82) is 0 Å². The van der Waals surface area contributed by atoms with E-state index in [1.807, 2.05) is 13.1 Å². The second-order valence-corrected chi connectivity index (χ2v) is 5.16. The normalized spacial score (nSPS) is 11.3. The van der Waals surface area contributed by atoms with E-state index in [-0.39, 0.29) is 0 Å². The predicted octanol–water partition coefficient (Wildman–Crippen LogP) is 2.85. The Labute approximate surface area is 123 Å². The number of aryl methyl sites for hydroxylation is 2. The molecule has 5 nitrogen and oxygen atoms in total. The Morgan fingerprint density at radius 2 is 2.15 bits per heavy atom. The molecule has 2 aromatic rings. The largest absolute Gasteiger partial charge is 0.382 e. The van der Waals surface area contributed by atoms with Gasteiger partial charge < -0.3 is 19.0 Å². The number of methoxy groups -OCH3 is 1. The number of rotatable bonds is 8. The van der Waals surface area contributed by atoms with Gasteiger partial charge in [-0.3, -0.25) is 0 Å². The number of imidazole rings is 1. The molecule has 0 spiro atoms. The van der Waals surface area contributed by atoms with Crippen molar-refractivity contribution in [3.63, 3.8) is 0 Å². The van der Waals surface area contributed by atoms with Gasteiger partial charge in [0.15, 0.2) is 10.4 Å². The van der Waals surface area contributed by atoms with Crippen molar-refractivity contribution in [3.05, 3.63) is 22.6 Å². The molecule has 0 saturated carbocycles. The fourth-order valence-electron chi connectivity index (χ4n) is 2.07. The highest BCUT2D eigenvalue weighted by atomic mass is 32.1. The van der Waals surface area contributed by atoms with Gasteiger partial charge in [0, 0.05) is 26.5 Å². The van der Waals surface area contributed by atoms with E-state index >= 15 is 0 Å². The van der Waals surface area contributed by atoms with E-state index in [9.17, 15) is 0 Å². The molecule has 110 valence electrons. The number of aromatic nitrogens is 3. The third-order valence-corrected chi connectivity index (χ3v) is 3.42. The first-order chi connectivity index (χ1) is 9.72. The van der Waals surface area contributed by atoms with E-state index in [2.05, 4.69) is 20.6 Å². The Morgan fingerprint density at radius 3 is 2.95 bits per heavy atom. The summed E-state index contributed by atoms with van der Waals surface area (Å²) in [6.45, 7) is 4.95. The second-order valence-electron chi connectivity index (χ2n) is 4.78. The zero-order valence-electron chi connectivity index (χ0n) is 12.0. The molecule has 6 heteroatoms. The molecule has 2 rings (SSSR count). The lowest BCUT2D eigenvalue weighted by Crippen LogP contribution is -2.05. The van der Waals surface area contributed by atoms with Gasteiger partial charge >= 0.3 is 0 Å². The minimum atomic E-state index is 0.650. The number of aromatic amines is 1. The summed E-state index contributed by atoms with van der Waals surface area (Å²) < 4.78 is 13.2. The van der Waals surface area contributed by atoms with Crippen LogP contribution in [0.3, 0.4) is 0 Å². The molecule has 0 aromatic carbocycles. The number of hydrogen-bond acceptors (Lipinski definition) is 4. The lowest BCUT2D eigenvalue weighted by atomic mass is 10.3. The van der Waals surface area contributed by atoms with Gasteiger partial charge in [0.1, 0.15) is 0 Å². The maximum absolute atomic E-state index is 5.44. The van der Waals surface area contributed by atoms with Crippen molar-refractivity contribution in [1.82, 2.24) is 14.5 Å². The Kier molecular flexibility index (Phi) is 5.70. The molecule has 0 aliphatic rings. The zero-order chi connectivity index (χ0) is 14.4. The first-order valence-electron chi connectivity index (χ1n) is 6.84. The highest BCUT2D eigenvalue weighted by molar-refractivity contribution is 7.71. The van der Waals surface area contributed by atoms with Crippen molar-refractivity contribution in [2.75, 3.05) is 26.9 Å². The van der Waals surface area contributed by atoms with Gasteiger partial charge in [0.05, 0.1) is 18.7 Å². The molecule has 1 N–H and O–H groups in total. The van der Waals surface area contributed by atoms with E-state index in [1.165, 1.54) is 0 Å². The first kappa shape index (κ1) is 15.2. The van der Waals surface area contributed by atoms with Crippen LogP contribution in [0.5, 0.6) is 0 Å². The number of fused-ring (bicyclic) bond motifs is 1. The number of nitrogens with one attached hydrogen (secondary N) is 1. The van der Waals surface area contributed by atoms with E-state index in [4.69, 9.17) is 21.7 Å². The minimum Gasteiger partial charge on any atom is -0.382 e. The molecule has 0 atom stereocenters. The summed E-state index contributed by atoms with van der Waals surface area (Å²) in [6, 6.07) is 2.07. The maximum Gasteiger partial charge on any atom is 0.179 e. The van der Waals surface area contributed by atoms with Crippen LogP contribution >= 0.6 is 12.2 Å². The predicted molar refractivity (Wildman–Crippen MR) is 81.6 cm³/mol. The third-order valence-electron chi connectivity index (χ3n) is 3.10. The standard InChI is InChI=1S/C14H21N3O2S/c1-11-9-12-13(15-10-11)17(14(20)16-12)5-3-4-6-19-8-7-18-2/h9-10H,3-8H2,1-2H3,(H,16,20). The first-order valence-corrected chi connectivity index (χ1v) is 7.25. The molecular formula is C14H21N3O2S. The van der Waals surface area contributed by atoms with E-state index in [0.29, 0.717) is 13.2 Å². The molecule has 0 amide bonds. The summed E-state index contributed by atoms with van der Waals surface area (Å²) >= 11 is 5.35. The van der Waals surface area contributed by atoms with E-state index < -0.39 is 0 Å². The van der Waals surface area contributed by atoms with Crippen LogP contribution in [-0.2, 0) is 16.0 Å². The molecule has 0 radical (unpaired) electrons. The van der Waals surface area contributed by atoms with Crippen LogP contribution in [0.1, 0.15) is 18.4 Å². The molecule has 0 fully saturated rings. The SMILES string of the molecule is COCCOCCCCn1c(=S)[nH]c2cc(C)cnc21. The molecule has 0 bridgehead atoms. The molecular weight excluding hydrogens is 274 g/mol. The van der Waals surface area contributed by atoms with Gasteiger partial charge in [-0.15, -0.1) is 0 Å². The van der Waals surface area contributed by atoms with Crippen LogP contribution < -0.4 is 0 Å². The molecule has 0 saturated heterocycles. The van der Waals surface area contributed by atoms with Crippen LogP contribution in [0, 0.1) is 11.7 Å². The fourth-order valence-corrected chi connectivity index (χ4v) is 2.36. The third kappa shape index (κ3) is 3.88. The number of nitrogens with zero attached hydrogens (tertiary/aromatic N) is 2. The summed E-state index contributed by atoms with van der Waals surface area (Å²) in [6.07, 6.45) is 3.89. The van der Waals surface area contributed by atoms with Gasteiger partial charge in [0.25, 0.3) is 0 Å². The Morgan fingerprint density at radius 1 is 1.30 bits per heavy atom. The summed E-state index contributed by atoms with van der Waals surface area (Å²) in [7, 11) is 1.68. The van der Waals surface area contributed by atoms with Crippen molar-refractivity contribution in [2.24, 2.45) is 0 Å². The monoisotopic (exact) mass is 295 g/mol. The number of unbranched alkanes of at least 4 members (excludes halogenated alkanes) is 1. The molecule has 0 aliphatic heterocycles. The smallest absolute Gasteiger partial charge is 0.179 e. The van der Waals surface area contributed by atoms with E-state index in [0.717, 1.165) is 47.5 Å². The van der Waals surface area contributed by atoms with Gasteiger partial charge in [-0.25, -0.2) is 4.98 Å². The lowest BCUT2D eigenvalue weighted by Gasteiger charge is -2.05. The highest BCUT2D eigenvalue weighted by Crippen LogP contribution is 2.13. The summed E-state index contributed by atoms with van der Waals surface area (Å²) in [5.41, 5.74) is 3.07. The van der Waals surface area contributed by atoms with Gasteiger partial charge in [0.2, 0.25) is 0 Å². The van der Waals surface area contributed by atoms with Gasteiger partial charge in [-0.05, 0) is 43.6 Å². The molecule has 2 heterocycles. The van der Waals surface area contributed by atoms with Crippen molar-refractivity contribution < 1.29 is 9.47 Å². The van der Waals surface area contributed by atoms with Gasteiger partial charge in [-0.2, -0.15) is 0 Å². The van der Waals surface area contributed by atoms with Gasteiger partial charge in [-0.1, -0.05) is 0 Å². The van der Waals surface area contributed by atoms with Crippen molar-refractivity contribution in [3.8, 4) is 0 Å². The minimum absolute atomic E-state index is 0.650. The topological polar surface area (TPSA) is 52.1 Å². The number of ether oxygens (including phenoxy) is 2. The van der Waals surface area contributed by atoms with Crippen molar-refractivity contribution >= 4 is 23.4 Å². The fraction of sp³-hybridized carbons (Fsp3) is 0.571. The van der Waals surface area contributed by atoms with Crippen LogP contribution in [0.2, 0.25) is 0 Å². The summed E-state index contributed by atoms with van der Waals surface area (Å²) in [5.74, 6) is 0. The molecule has 0 unspecified atom stereocenters. The Balaban J connectivity index is 1.87. The average molecular weight is 295 g/mol. The lowest BCUT2D eigenvalue weighted by molar-refractivity contribution is 0.0684. The number of hydrogen-bond donors (Lipinski definition) is 1. The van der Waals surface area contributed by atoms with Crippen molar-refractivity contribution in [2.45, 2.75) is 26.3 Å². The number of pyridine rings is 1. The summed E-state index contributed by atoms with van der Waals surface area (Å²) in [5, 5.41) is 0. The average Bonchev–Trinajstić information content (AvgIpc) is 2.73. The van der Waals surface area contributed by atoms with Crippen LogP contribution in [0.25, 0.3) is 11.2 Å². The van der Waals surface area contributed by atoms with Crippen LogP contribution in [0.4, 0.5) is 0 Å². The Bertz CT molecular complexity index is 606. The summed E-state index contributed by atoms with van der Waals surface area (Å²) in [4.78, 5) is 7.66. The maximum atomic E-state index is 5.44. The van der Waals surface area contributed by atoms with E-state index in [1.54, 1.807) is 7.11 Å². The van der Waals surface area contributed by atoms with Crippen LogP contribution in [-0.4, -0.2) is 41.5 Å².